The Morgan fingerprint density at radius 3 is 2.82 bits per heavy atom. The molecule has 1 aliphatic rings. The highest BCUT2D eigenvalue weighted by atomic mass is 19.1. The Kier molecular flexibility index (Phi) is 6.63. The van der Waals surface area contributed by atoms with E-state index in [2.05, 4.69) is 21.7 Å². The summed E-state index contributed by atoms with van der Waals surface area (Å²) in [5.74, 6) is 0.592. The highest BCUT2D eigenvalue weighted by Crippen LogP contribution is 2.27. The highest BCUT2D eigenvalue weighted by molar-refractivity contribution is 5.95. The molecule has 1 aliphatic heterocycles. The molecule has 28 heavy (non-hydrogen) atoms. The number of rotatable bonds is 6. The number of amides is 1. The summed E-state index contributed by atoms with van der Waals surface area (Å²) in [7, 11) is 1.69. The Bertz CT molecular complexity index is 865. The molecule has 0 unspecified atom stereocenters. The maximum absolute atomic E-state index is 13.6. The summed E-state index contributed by atoms with van der Waals surface area (Å²) in [6.07, 6.45) is 2.13. The van der Waals surface area contributed by atoms with Crippen LogP contribution in [0.4, 0.5) is 10.1 Å². The van der Waals surface area contributed by atoms with Crippen molar-refractivity contribution < 1.29 is 9.18 Å². The smallest absolute Gasteiger partial charge is 0.227 e. The molecule has 0 fully saturated rings. The molecule has 1 heterocycles. The summed E-state index contributed by atoms with van der Waals surface area (Å²) in [5.41, 5.74) is 3.78. The molecule has 0 aliphatic carbocycles. The zero-order chi connectivity index (χ0) is 19.9. The van der Waals surface area contributed by atoms with E-state index in [4.69, 9.17) is 0 Å². The number of benzene rings is 2. The number of anilines is 1. The third-order valence-corrected chi connectivity index (χ3v) is 4.97. The van der Waals surface area contributed by atoms with Crippen LogP contribution in [-0.4, -0.2) is 32.0 Å². The van der Waals surface area contributed by atoms with E-state index in [0.717, 1.165) is 30.6 Å². The number of carbonyl (C=O) groups is 1. The number of hydrogen-bond acceptors (Lipinski definition) is 2. The van der Waals surface area contributed by atoms with Gasteiger partial charge >= 0.3 is 0 Å². The van der Waals surface area contributed by atoms with Crippen molar-refractivity contribution in [1.82, 2.24) is 10.6 Å². The first-order chi connectivity index (χ1) is 13.6. The lowest BCUT2D eigenvalue weighted by atomic mass is 10.1. The van der Waals surface area contributed by atoms with Gasteiger partial charge in [0.15, 0.2) is 5.96 Å². The van der Waals surface area contributed by atoms with Crippen molar-refractivity contribution in [2.24, 2.45) is 4.99 Å². The number of nitrogens with one attached hydrogen (secondary N) is 2. The molecule has 2 aromatic carbocycles. The quantitative estimate of drug-likeness (QED) is 0.458. The Labute approximate surface area is 165 Å². The number of halogens is 1. The number of para-hydroxylation sites is 1. The first-order valence-corrected chi connectivity index (χ1v) is 9.66. The van der Waals surface area contributed by atoms with Gasteiger partial charge in [0, 0.05) is 38.8 Å². The van der Waals surface area contributed by atoms with Gasteiger partial charge in [-0.3, -0.25) is 9.79 Å². The number of aryl methyl sites for hydroxylation is 1. The molecule has 0 atom stereocenters. The van der Waals surface area contributed by atoms with Crippen molar-refractivity contribution in [3.63, 3.8) is 0 Å². The summed E-state index contributed by atoms with van der Waals surface area (Å²) in [4.78, 5) is 18.6. The molecule has 0 saturated heterocycles. The van der Waals surface area contributed by atoms with Crippen molar-refractivity contribution >= 4 is 17.6 Å². The number of fused-ring (bicyclic) bond motifs is 1. The van der Waals surface area contributed by atoms with Crippen LogP contribution in [0, 0.1) is 12.7 Å². The molecular weight excluding hydrogens is 355 g/mol. The first-order valence-electron chi connectivity index (χ1n) is 9.66. The molecule has 0 radical (unpaired) electrons. The van der Waals surface area contributed by atoms with Crippen molar-refractivity contribution in [1.29, 1.82) is 0 Å². The van der Waals surface area contributed by atoms with Gasteiger partial charge < -0.3 is 15.5 Å². The fourth-order valence-corrected chi connectivity index (χ4v) is 3.33. The van der Waals surface area contributed by atoms with E-state index in [1.165, 1.54) is 11.6 Å². The molecule has 2 aromatic rings. The fourth-order valence-electron chi connectivity index (χ4n) is 3.33. The molecule has 2 N–H and O–H groups in total. The third-order valence-electron chi connectivity index (χ3n) is 4.97. The summed E-state index contributed by atoms with van der Waals surface area (Å²) >= 11 is 0. The van der Waals surface area contributed by atoms with Gasteiger partial charge in [-0.15, -0.1) is 0 Å². The highest BCUT2D eigenvalue weighted by Gasteiger charge is 2.23. The number of aliphatic imine (C=N–C) groups is 1. The normalized spacial score (nSPS) is 13.4. The Hall–Kier alpha value is -2.89. The van der Waals surface area contributed by atoms with Crippen LogP contribution < -0.4 is 15.5 Å². The molecule has 5 nitrogen and oxygen atoms in total. The lowest BCUT2D eigenvalue weighted by Gasteiger charge is -2.17. The average molecular weight is 382 g/mol. The molecule has 6 heteroatoms. The SMILES string of the molecule is CN=C(NCCCC(=O)N1CCc2ccccc21)NCc1ccc(C)c(F)c1. The van der Waals surface area contributed by atoms with E-state index < -0.39 is 0 Å². The second-order valence-corrected chi connectivity index (χ2v) is 6.96. The Balaban J connectivity index is 1.40. The topological polar surface area (TPSA) is 56.7 Å². The third kappa shape index (κ3) is 4.88. The standard InChI is InChI=1S/C22H27FN4O/c1-16-9-10-17(14-19(16)23)15-26-22(24-2)25-12-5-8-21(28)27-13-11-18-6-3-4-7-20(18)27/h3-4,6-7,9-10,14H,5,8,11-13,15H2,1-2H3,(H2,24,25,26). The predicted octanol–water partition coefficient (Wildman–Crippen LogP) is 3.17. The van der Waals surface area contributed by atoms with Crippen LogP contribution in [0.3, 0.4) is 0 Å². The second-order valence-electron chi connectivity index (χ2n) is 6.96. The van der Waals surface area contributed by atoms with E-state index >= 15 is 0 Å². The van der Waals surface area contributed by atoms with Gasteiger partial charge in [-0.2, -0.15) is 0 Å². The minimum Gasteiger partial charge on any atom is -0.356 e. The van der Waals surface area contributed by atoms with Gasteiger partial charge in [0.25, 0.3) is 0 Å². The monoisotopic (exact) mass is 382 g/mol. The van der Waals surface area contributed by atoms with Crippen molar-refractivity contribution in [2.75, 3.05) is 25.0 Å². The van der Waals surface area contributed by atoms with Crippen LogP contribution in [-0.2, 0) is 17.8 Å². The molecule has 3 rings (SSSR count). The van der Waals surface area contributed by atoms with Gasteiger partial charge in [-0.25, -0.2) is 4.39 Å². The summed E-state index contributed by atoms with van der Waals surface area (Å²) < 4.78 is 13.6. The largest absolute Gasteiger partial charge is 0.356 e. The van der Waals surface area contributed by atoms with Gasteiger partial charge in [0.05, 0.1) is 0 Å². The van der Waals surface area contributed by atoms with Crippen LogP contribution in [0.25, 0.3) is 0 Å². The minimum absolute atomic E-state index is 0.157. The van der Waals surface area contributed by atoms with Crippen LogP contribution in [0.1, 0.15) is 29.5 Å². The molecule has 0 spiro atoms. The molecule has 0 aromatic heterocycles. The number of guanidine groups is 1. The van der Waals surface area contributed by atoms with Crippen molar-refractivity contribution in [2.45, 2.75) is 32.7 Å². The zero-order valence-electron chi connectivity index (χ0n) is 16.5. The summed E-state index contributed by atoms with van der Waals surface area (Å²) in [5, 5.41) is 6.37. The van der Waals surface area contributed by atoms with Crippen LogP contribution in [0.15, 0.2) is 47.5 Å². The van der Waals surface area contributed by atoms with E-state index in [-0.39, 0.29) is 11.7 Å². The van der Waals surface area contributed by atoms with Gasteiger partial charge in [0.1, 0.15) is 5.82 Å². The molecule has 148 valence electrons. The van der Waals surface area contributed by atoms with E-state index in [1.54, 1.807) is 20.0 Å². The van der Waals surface area contributed by atoms with Crippen molar-refractivity contribution in [3.8, 4) is 0 Å². The Morgan fingerprint density at radius 2 is 2.04 bits per heavy atom. The molecule has 0 bridgehead atoms. The number of hydrogen-bond donors (Lipinski definition) is 2. The van der Waals surface area contributed by atoms with E-state index in [9.17, 15) is 9.18 Å². The van der Waals surface area contributed by atoms with E-state index in [0.29, 0.717) is 31.0 Å². The van der Waals surface area contributed by atoms with E-state index in [1.807, 2.05) is 29.2 Å². The molecule has 1 amide bonds. The Morgan fingerprint density at radius 1 is 1.21 bits per heavy atom. The second kappa shape index (κ2) is 9.35. The summed E-state index contributed by atoms with van der Waals surface area (Å²) in [6.45, 7) is 3.64. The maximum atomic E-state index is 13.6. The minimum atomic E-state index is -0.204. The van der Waals surface area contributed by atoms with Crippen molar-refractivity contribution in [3.05, 3.63) is 65.0 Å². The van der Waals surface area contributed by atoms with Gasteiger partial charge in [-0.1, -0.05) is 30.3 Å². The average Bonchev–Trinajstić information content (AvgIpc) is 3.14. The predicted molar refractivity (Wildman–Crippen MR) is 111 cm³/mol. The molecular formula is C22H27FN4O. The lowest BCUT2D eigenvalue weighted by Crippen LogP contribution is -2.38. The lowest BCUT2D eigenvalue weighted by molar-refractivity contribution is -0.118. The fraction of sp³-hybridized carbons (Fsp3) is 0.364. The zero-order valence-corrected chi connectivity index (χ0v) is 16.5. The number of nitrogens with zero attached hydrogens (tertiary/aromatic N) is 2. The van der Waals surface area contributed by atoms with Crippen LogP contribution in [0.5, 0.6) is 0 Å². The van der Waals surface area contributed by atoms with Gasteiger partial charge in [-0.05, 0) is 48.6 Å². The summed E-state index contributed by atoms with van der Waals surface area (Å²) in [6, 6.07) is 13.3. The maximum Gasteiger partial charge on any atom is 0.227 e. The first kappa shape index (κ1) is 19.9. The van der Waals surface area contributed by atoms with Crippen LogP contribution >= 0.6 is 0 Å². The molecule has 0 saturated carbocycles. The number of carbonyl (C=O) groups excluding carboxylic acids is 1. The van der Waals surface area contributed by atoms with Gasteiger partial charge in [0.2, 0.25) is 5.91 Å². The van der Waals surface area contributed by atoms with Crippen LogP contribution in [0.2, 0.25) is 0 Å².